The lowest BCUT2D eigenvalue weighted by molar-refractivity contribution is 0.0102. The molecule has 1 atom stereocenters. The molecule has 0 heterocycles. The zero-order valence-corrected chi connectivity index (χ0v) is 9.86. The van der Waals surface area contributed by atoms with Crippen molar-refractivity contribution in [2.24, 2.45) is 5.73 Å². The van der Waals surface area contributed by atoms with E-state index in [9.17, 15) is 0 Å². The summed E-state index contributed by atoms with van der Waals surface area (Å²) < 4.78 is 5.37. The molecule has 2 nitrogen and oxygen atoms in total. The summed E-state index contributed by atoms with van der Waals surface area (Å²) in [6.45, 7) is 4.13. The zero-order valence-electron chi connectivity index (χ0n) is 9.86. The maximum Gasteiger partial charge on any atom is 0.0637 e. The molecular weight excluding hydrogens is 186 g/mol. The van der Waals surface area contributed by atoms with E-state index >= 15 is 0 Å². The predicted octanol–water partition coefficient (Wildman–Crippen LogP) is 2.37. The summed E-state index contributed by atoms with van der Waals surface area (Å²) in [5, 5.41) is 0. The van der Waals surface area contributed by atoms with Crippen LogP contribution in [0.15, 0.2) is 30.3 Å². The van der Waals surface area contributed by atoms with E-state index in [1.807, 2.05) is 18.2 Å². The second-order valence-corrected chi connectivity index (χ2v) is 4.62. The number of rotatable bonds is 5. The van der Waals surface area contributed by atoms with Gasteiger partial charge in [0.25, 0.3) is 0 Å². The number of ether oxygens (including phenoxy) is 1. The molecule has 0 aliphatic rings. The number of nitrogens with two attached hydrogens (primary N) is 1. The summed E-state index contributed by atoms with van der Waals surface area (Å²) in [7, 11) is 1.73. The average Bonchev–Trinajstić information content (AvgIpc) is 2.18. The van der Waals surface area contributed by atoms with Gasteiger partial charge in [-0.1, -0.05) is 30.3 Å². The fraction of sp³-hybridized carbons (Fsp3) is 0.538. The lowest BCUT2D eigenvalue weighted by atomic mass is 9.95. The van der Waals surface area contributed by atoms with Gasteiger partial charge >= 0.3 is 0 Å². The third kappa shape index (κ3) is 4.45. The highest BCUT2D eigenvalue weighted by atomic mass is 16.5. The van der Waals surface area contributed by atoms with Gasteiger partial charge < -0.3 is 10.5 Å². The Bertz CT molecular complexity index is 282. The first kappa shape index (κ1) is 12.2. The van der Waals surface area contributed by atoms with Crippen molar-refractivity contribution in [3.63, 3.8) is 0 Å². The van der Waals surface area contributed by atoms with Crippen LogP contribution in [-0.2, 0) is 11.2 Å². The molecule has 0 aliphatic carbocycles. The Morgan fingerprint density at radius 2 is 1.87 bits per heavy atom. The Kier molecular flexibility index (Phi) is 4.30. The SMILES string of the molecule is COC(C)(C)CC(N)Cc1ccccc1. The topological polar surface area (TPSA) is 35.2 Å². The maximum absolute atomic E-state index is 6.09. The summed E-state index contributed by atoms with van der Waals surface area (Å²) >= 11 is 0. The van der Waals surface area contributed by atoms with Crippen molar-refractivity contribution in [2.45, 2.75) is 38.3 Å². The first-order valence-electron chi connectivity index (χ1n) is 5.38. The van der Waals surface area contributed by atoms with Gasteiger partial charge in [0.05, 0.1) is 5.60 Å². The first-order valence-corrected chi connectivity index (χ1v) is 5.38. The van der Waals surface area contributed by atoms with Crippen LogP contribution in [0.3, 0.4) is 0 Å². The molecule has 0 saturated heterocycles. The van der Waals surface area contributed by atoms with Gasteiger partial charge in [0.2, 0.25) is 0 Å². The largest absolute Gasteiger partial charge is 0.379 e. The van der Waals surface area contributed by atoms with Crippen LogP contribution in [0.4, 0.5) is 0 Å². The lowest BCUT2D eigenvalue weighted by Crippen LogP contribution is -2.35. The van der Waals surface area contributed by atoms with Crippen molar-refractivity contribution in [3.8, 4) is 0 Å². The second kappa shape index (κ2) is 5.29. The number of hydrogen-bond donors (Lipinski definition) is 1. The summed E-state index contributed by atoms with van der Waals surface area (Å²) in [5.74, 6) is 0. The van der Waals surface area contributed by atoms with Gasteiger partial charge in [-0.05, 0) is 32.3 Å². The molecule has 1 rings (SSSR count). The summed E-state index contributed by atoms with van der Waals surface area (Å²) in [5.41, 5.74) is 7.25. The highest BCUT2D eigenvalue weighted by Crippen LogP contribution is 2.16. The fourth-order valence-corrected chi connectivity index (χ4v) is 1.70. The molecule has 0 amide bonds. The third-order valence-corrected chi connectivity index (χ3v) is 2.65. The van der Waals surface area contributed by atoms with E-state index in [-0.39, 0.29) is 11.6 Å². The van der Waals surface area contributed by atoms with E-state index in [0.29, 0.717) is 0 Å². The molecule has 1 aromatic rings. The van der Waals surface area contributed by atoms with Gasteiger partial charge in [0.15, 0.2) is 0 Å². The molecule has 0 radical (unpaired) electrons. The van der Waals surface area contributed by atoms with Crippen LogP contribution in [0.25, 0.3) is 0 Å². The quantitative estimate of drug-likeness (QED) is 0.804. The Morgan fingerprint density at radius 1 is 1.27 bits per heavy atom. The van der Waals surface area contributed by atoms with E-state index in [1.165, 1.54) is 5.56 Å². The highest BCUT2D eigenvalue weighted by Gasteiger charge is 2.20. The minimum Gasteiger partial charge on any atom is -0.379 e. The van der Waals surface area contributed by atoms with Crippen molar-refractivity contribution in [3.05, 3.63) is 35.9 Å². The van der Waals surface area contributed by atoms with Crippen molar-refractivity contribution >= 4 is 0 Å². The van der Waals surface area contributed by atoms with Crippen molar-refractivity contribution < 1.29 is 4.74 Å². The van der Waals surface area contributed by atoms with Crippen LogP contribution < -0.4 is 5.73 Å². The highest BCUT2D eigenvalue weighted by molar-refractivity contribution is 5.15. The van der Waals surface area contributed by atoms with Crippen molar-refractivity contribution in [1.82, 2.24) is 0 Å². The van der Waals surface area contributed by atoms with Crippen LogP contribution in [-0.4, -0.2) is 18.8 Å². The van der Waals surface area contributed by atoms with Gasteiger partial charge in [-0.25, -0.2) is 0 Å². The molecule has 0 aromatic heterocycles. The maximum atomic E-state index is 6.09. The molecule has 1 aromatic carbocycles. The van der Waals surface area contributed by atoms with Crippen LogP contribution in [0, 0.1) is 0 Å². The molecular formula is C13H21NO. The van der Waals surface area contributed by atoms with E-state index in [2.05, 4.69) is 26.0 Å². The molecule has 2 N–H and O–H groups in total. The third-order valence-electron chi connectivity index (χ3n) is 2.65. The molecule has 84 valence electrons. The monoisotopic (exact) mass is 207 g/mol. The first-order chi connectivity index (χ1) is 7.03. The van der Waals surface area contributed by atoms with E-state index in [0.717, 1.165) is 12.8 Å². The molecule has 0 fully saturated rings. The fourth-order valence-electron chi connectivity index (χ4n) is 1.70. The van der Waals surface area contributed by atoms with Gasteiger partial charge in [0, 0.05) is 13.2 Å². The molecule has 2 heteroatoms. The van der Waals surface area contributed by atoms with E-state index in [4.69, 9.17) is 10.5 Å². The van der Waals surface area contributed by atoms with E-state index in [1.54, 1.807) is 7.11 Å². The minimum atomic E-state index is -0.131. The van der Waals surface area contributed by atoms with Crippen LogP contribution in [0.1, 0.15) is 25.8 Å². The van der Waals surface area contributed by atoms with Gasteiger partial charge in [-0.15, -0.1) is 0 Å². The standard InChI is InChI=1S/C13H21NO/c1-13(2,15-3)10-12(14)9-11-7-5-4-6-8-11/h4-8,12H,9-10,14H2,1-3H3. The Morgan fingerprint density at radius 3 is 2.40 bits per heavy atom. The van der Waals surface area contributed by atoms with Crippen LogP contribution >= 0.6 is 0 Å². The lowest BCUT2D eigenvalue weighted by Gasteiger charge is -2.26. The summed E-state index contributed by atoms with van der Waals surface area (Å²) in [6.07, 6.45) is 1.78. The number of hydrogen-bond acceptors (Lipinski definition) is 2. The summed E-state index contributed by atoms with van der Waals surface area (Å²) in [4.78, 5) is 0. The Hall–Kier alpha value is -0.860. The molecule has 15 heavy (non-hydrogen) atoms. The average molecular weight is 207 g/mol. The predicted molar refractivity (Wildman–Crippen MR) is 63.8 cm³/mol. The van der Waals surface area contributed by atoms with Gasteiger partial charge in [-0.3, -0.25) is 0 Å². The van der Waals surface area contributed by atoms with Gasteiger partial charge in [0.1, 0.15) is 0 Å². The molecule has 0 spiro atoms. The number of benzene rings is 1. The second-order valence-electron chi connectivity index (χ2n) is 4.62. The van der Waals surface area contributed by atoms with Gasteiger partial charge in [-0.2, -0.15) is 0 Å². The van der Waals surface area contributed by atoms with Crippen molar-refractivity contribution in [2.75, 3.05) is 7.11 Å². The summed E-state index contributed by atoms with van der Waals surface area (Å²) in [6, 6.07) is 10.5. The molecule has 0 saturated carbocycles. The van der Waals surface area contributed by atoms with Crippen LogP contribution in [0.2, 0.25) is 0 Å². The molecule has 1 unspecified atom stereocenters. The normalized spacial score (nSPS) is 13.9. The number of methoxy groups -OCH3 is 1. The minimum absolute atomic E-state index is 0.131. The van der Waals surface area contributed by atoms with Crippen LogP contribution in [0.5, 0.6) is 0 Å². The van der Waals surface area contributed by atoms with E-state index < -0.39 is 0 Å². The zero-order chi connectivity index (χ0) is 11.3. The smallest absolute Gasteiger partial charge is 0.0637 e. The molecule has 0 aliphatic heterocycles. The Balaban J connectivity index is 2.46. The van der Waals surface area contributed by atoms with Crippen molar-refractivity contribution in [1.29, 1.82) is 0 Å². The molecule has 0 bridgehead atoms. The Labute approximate surface area is 92.4 Å².